The molecule has 14 heavy (non-hydrogen) atoms. The number of sulfonamides is 1. The van der Waals surface area contributed by atoms with E-state index in [0.29, 0.717) is 6.07 Å². The van der Waals surface area contributed by atoms with Gasteiger partial charge in [0.1, 0.15) is 0 Å². The average Bonchev–Trinajstić information content (AvgIpc) is 2.02. The van der Waals surface area contributed by atoms with E-state index in [1.807, 2.05) is 0 Å². The molecule has 76 valence electrons. The van der Waals surface area contributed by atoms with Gasteiger partial charge in [-0.15, -0.1) is 0 Å². The van der Waals surface area contributed by atoms with Gasteiger partial charge in [0.05, 0.1) is 4.90 Å². The third-order valence-corrected chi connectivity index (χ3v) is 2.27. The second-order valence-corrected chi connectivity index (χ2v) is 3.82. The molecular weight excluding hydrogens is 233 g/mol. The van der Waals surface area contributed by atoms with Gasteiger partial charge < -0.3 is 12.4 Å². The average molecular weight is 238 g/mol. The van der Waals surface area contributed by atoms with Crippen LogP contribution >= 0.6 is 0 Å². The van der Waals surface area contributed by atoms with Crippen LogP contribution in [0.25, 0.3) is 4.98 Å². The van der Waals surface area contributed by atoms with Crippen molar-refractivity contribution in [2.45, 2.75) is 4.90 Å². The van der Waals surface area contributed by atoms with Crippen LogP contribution in [0.4, 0.5) is 10.1 Å². The zero-order valence-electron chi connectivity index (χ0n) is 6.68. The number of benzene rings is 1. The zero-order valence-corrected chi connectivity index (χ0v) is 8.26. The molecule has 0 fully saturated rings. The number of rotatable bonds is 1. The molecule has 1 aromatic rings. The maximum absolute atomic E-state index is 12.8. The smallest absolute Gasteiger partial charge is 0.420 e. The van der Waals surface area contributed by atoms with E-state index < -0.39 is 15.8 Å². The van der Waals surface area contributed by atoms with Gasteiger partial charge in [-0.25, -0.2) is 13.6 Å². The minimum absolute atomic E-state index is 0. The van der Waals surface area contributed by atoms with E-state index in [1.54, 1.807) is 0 Å². The third kappa shape index (κ3) is 2.63. The minimum atomic E-state index is -3.91. The van der Waals surface area contributed by atoms with E-state index in [-0.39, 0.29) is 23.0 Å². The standard InChI is InChI=1S/C6H5FN3O2S.ClH/c7-5-3-4(13(9,11)12)1-2-6(5)10-8;/h1-3H,(H2,9,11,12);1H/q+1;/p-1. The molecule has 1 aromatic carbocycles. The van der Waals surface area contributed by atoms with Crippen LogP contribution in [0.3, 0.4) is 0 Å². The van der Waals surface area contributed by atoms with E-state index in [1.165, 1.54) is 0 Å². The van der Waals surface area contributed by atoms with Gasteiger partial charge in [-0.1, -0.05) is 0 Å². The Morgan fingerprint density at radius 3 is 2.36 bits per heavy atom. The Hall–Kier alpha value is -1.23. The number of nitrogens with zero attached hydrogens (tertiary/aromatic N) is 2. The molecule has 0 aliphatic carbocycles. The zero-order chi connectivity index (χ0) is 10.1. The summed E-state index contributed by atoms with van der Waals surface area (Å²) >= 11 is 0. The van der Waals surface area contributed by atoms with E-state index in [9.17, 15) is 12.8 Å². The summed E-state index contributed by atoms with van der Waals surface area (Å²) in [5, 5.41) is 12.9. The Labute approximate surface area is 85.8 Å². The Morgan fingerprint density at radius 2 is 2.00 bits per heavy atom. The third-order valence-electron chi connectivity index (χ3n) is 1.36. The van der Waals surface area contributed by atoms with Crippen LogP contribution in [0.1, 0.15) is 0 Å². The van der Waals surface area contributed by atoms with Gasteiger partial charge in [0.25, 0.3) is 0 Å². The maximum atomic E-state index is 12.8. The van der Waals surface area contributed by atoms with Crippen molar-refractivity contribution >= 4 is 15.7 Å². The molecule has 8 heteroatoms. The summed E-state index contributed by atoms with van der Waals surface area (Å²) in [6.07, 6.45) is 0. The number of halogens is 2. The molecule has 2 N–H and O–H groups in total. The van der Waals surface area contributed by atoms with Gasteiger partial charge in [0, 0.05) is 12.1 Å². The Morgan fingerprint density at radius 1 is 1.43 bits per heavy atom. The fourth-order valence-electron chi connectivity index (χ4n) is 0.746. The monoisotopic (exact) mass is 237 g/mol. The predicted molar refractivity (Wildman–Crippen MR) is 42.5 cm³/mol. The van der Waals surface area contributed by atoms with Crippen molar-refractivity contribution in [3.8, 4) is 0 Å². The highest BCUT2D eigenvalue weighted by molar-refractivity contribution is 7.89. The summed E-state index contributed by atoms with van der Waals surface area (Å²) in [4.78, 5) is 2.22. The van der Waals surface area contributed by atoms with E-state index in [2.05, 4.69) is 4.98 Å². The molecule has 0 bridgehead atoms. The van der Waals surface area contributed by atoms with E-state index >= 15 is 0 Å². The molecule has 0 saturated heterocycles. The van der Waals surface area contributed by atoms with Gasteiger partial charge >= 0.3 is 5.69 Å². The second kappa shape index (κ2) is 4.32. The topological polar surface area (TPSA) is 88.3 Å². The van der Waals surface area contributed by atoms with Crippen LogP contribution in [0.2, 0.25) is 0 Å². The Balaban J connectivity index is 0.00000169. The lowest BCUT2D eigenvalue weighted by Gasteiger charge is -1.94. The lowest BCUT2D eigenvalue weighted by molar-refractivity contribution is -0.00000607. The summed E-state index contributed by atoms with van der Waals surface area (Å²) < 4.78 is 34.2. The number of hydrogen-bond donors (Lipinski definition) is 1. The number of hydrogen-bond acceptors (Lipinski definition) is 3. The van der Waals surface area contributed by atoms with Crippen molar-refractivity contribution in [2.24, 2.45) is 5.14 Å². The molecule has 0 aromatic heterocycles. The van der Waals surface area contributed by atoms with Gasteiger partial charge in [-0.2, -0.15) is 4.39 Å². The summed E-state index contributed by atoms with van der Waals surface area (Å²) in [5.41, 5.74) is -0.340. The van der Waals surface area contributed by atoms with Gasteiger partial charge in [-0.3, -0.25) is 0 Å². The maximum Gasteiger partial charge on any atom is 0.420 e. The Bertz CT molecular complexity index is 482. The first kappa shape index (κ1) is 12.8. The highest BCUT2D eigenvalue weighted by Crippen LogP contribution is 2.20. The first-order chi connectivity index (χ1) is 5.95. The molecule has 0 aliphatic heterocycles. The number of primary sulfonamides is 1. The van der Waals surface area contributed by atoms with Crippen molar-refractivity contribution in [1.82, 2.24) is 0 Å². The summed E-state index contributed by atoms with van der Waals surface area (Å²) in [6, 6.07) is 2.74. The fraction of sp³-hybridized carbons (Fsp3) is 0. The molecule has 1 rings (SSSR count). The molecule has 0 spiro atoms. The van der Waals surface area contributed by atoms with E-state index in [4.69, 9.17) is 10.5 Å². The van der Waals surface area contributed by atoms with Crippen LogP contribution in [-0.2, 0) is 10.0 Å². The summed E-state index contributed by atoms with van der Waals surface area (Å²) in [5.74, 6) is -0.950. The molecule has 5 nitrogen and oxygen atoms in total. The van der Waals surface area contributed by atoms with E-state index in [0.717, 1.165) is 12.1 Å². The molecule has 0 unspecified atom stereocenters. The second-order valence-electron chi connectivity index (χ2n) is 2.26. The number of diazo groups is 1. The molecule has 0 saturated carbocycles. The summed E-state index contributed by atoms with van der Waals surface area (Å²) in [6.45, 7) is 0. The van der Waals surface area contributed by atoms with Crippen LogP contribution < -0.4 is 17.5 Å². The Kier molecular flexibility index (Phi) is 3.94. The fourth-order valence-corrected chi connectivity index (χ4v) is 1.27. The van der Waals surface area contributed by atoms with Crippen molar-refractivity contribution in [1.29, 1.82) is 5.39 Å². The van der Waals surface area contributed by atoms with Crippen LogP contribution in [-0.4, -0.2) is 8.42 Å². The van der Waals surface area contributed by atoms with Crippen molar-refractivity contribution < 1.29 is 25.2 Å². The molecule has 0 radical (unpaired) electrons. The van der Waals surface area contributed by atoms with Gasteiger partial charge in [0.15, 0.2) is 4.98 Å². The molecular formula is C6H5ClFN3O2S. The quantitative estimate of drug-likeness (QED) is 0.571. The molecule has 0 amide bonds. The van der Waals surface area contributed by atoms with Crippen LogP contribution in [0, 0.1) is 11.2 Å². The molecule has 0 aliphatic rings. The van der Waals surface area contributed by atoms with Crippen molar-refractivity contribution in [2.75, 3.05) is 0 Å². The van der Waals surface area contributed by atoms with Gasteiger partial charge in [0.2, 0.25) is 21.2 Å². The number of nitrogens with two attached hydrogens (primary N) is 1. The summed E-state index contributed by atoms with van der Waals surface area (Å²) in [7, 11) is -3.91. The largest absolute Gasteiger partial charge is 1.00 e. The lowest BCUT2D eigenvalue weighted by Crippen LogP contribution is -3.00. The molecule has 0 heterocycles. The predicted octanol–water partition coefficient (Wildman–Crippen LogP) is -2.04. The van der Waals surface area contributed by atoms with Crippen LogP contribution in [0.5, 0.6) is 0 Å². The first-order valence-electron chi connectivity index (χ1n) is 3.12. The van der Waals surface area contributed by atoms with Gasteiger partial charge in [-0.05, 0) is 6.07 Å². The molecule has 0 atom stereocenters. The SMILES string of the molecule is N#[N+]c1ccc(S(N)(=O)=O)cc1F.[Cl-]. The lowest BCUT2D eigenvalue weighted by atomic mass is 10.3. The van der Waals surface area contributed by atoms with Crippen molar-refractivity contribution in [3.05, 3.63) is 29.0 Å². The van der Waals surface area contributed by atoms with Crippen LogP contribution in [0.15, 0.2) is 23.1 Å². The highest BCUT2D eigenvalue weighted by Gasteiger charge is 2.17. The first-order valence-corrected chi connectivity index (χ1v) is 4.67. The normalized spacial score (nSPS) is 10.1. The highest BCUT2D eigenvalue weighted by atomic mass is 35.5. The minimum Gasteiger partial charge on any atom is -1.00 e. The van der Waals surface area contributed by atoms with Crippen molar-refractivity contribution in [3.63, 3.8) is 0 Å².